The summed E-state index contributed by atoms with van der Waals surface area (Å²) >= 11 is 0. The number of phenols is 1. The van der Waals surface area contributed by atoms with E-state index in [-0.39, 0.29) is 17.3 Å². The minimum atomic E-state index is -4.54. The molecular formula is C20H23F3N6O. The summed E-state index contributed by atoms with van der Waals surface area (Å²) in [7, 11) is 1.72. The van der Waals surface area contributed by atoms with Crippen LogP contribution in [0.15, 0.2) is 24.4 Å². The highest BCUT2D eigenvalue weighted by Gasteiger charge is 2.31. The fourth-order valence-electron chi connectivity index (χ4n) is 3.94. The van der Waals surface area contributed by atoms with Crippen molar-refractivity contribution in [2.75, 3.05) is 25.0 Å². The van der Waals surface area contributed by atoms with Gasteiger partial charge in [-0.05, 0) is 44.1 Å². The van der Waals surface area contributed by atoms with E-state index in [1.165, 1.54) is 6.07 Å². The highest BCUT2D eigenvalue weighted by Crippen LogP contribution is 2.38. The molecule has 0 unspecified atom stereocenters. The number of halogens is 3. The molecule has 1 fully saturated rings. The van der Waals surface area contributed by atoms with Crippen molar-refractivity contribution >= 4 is 16.7 Å². The summed E-state index contributed by atoms with van der Waals surface area (Å²) in [5.41, 5.74) is 0.116. The molecule has 0 saturated carbocycles. The number of likely N-dealkylation sites (N-methyl/N-ethyl adjacent to an activating group) is 1. The second-order valence-corrected chi connectivity index (χ2v) is 7.53. The number of alkyl halides is 3. The molecule has 1 aliphatic heterocycles. The monoisotopic (exact) mass is 420 g/mol. The van der Waals surface area contributed by atoms with Crippen molar-refractivity contribution in [2.24, 2.45) is 7.05 Å². The highest BCUT2D eigenvalue weighted by atomic mass is 19.4. The summed E-state index contributed by atoms with van der Waals surface area (Å²) in [6, 6.07) is 3.06. The van der Waals surface area contributed by atoms with Crippen LogP contribution in [0, 0.1) is 0 Å². The van der Waals surface area contributed by atoms with E-state index in [2.05, 4.69) is 32.4 Å². The standard InChI is InChI=1S/C20H23F3N6O/c1-3-29-8-4-5-13(11-29)25-19-15-10-24-28(2)18(15)17(26-27-19)14-7-6-12(9-16(14)30)20(21,22)23/h6-7,9-10,13,30H,3-5,8,11H2,1-2H3,(H,25,27)/t13-/m1/s1. The molecule has 30 heavy (non-hydrogen) atoms. The van der Waals surface area contributed by atoms with E-state index >= 15 is 0 Å². The first-order valence-electron chi connectivity index (χ1n) is 9.85. The van der Waals surface area contributed by atoms with Crippen molar-refractivity contribution in [3.8, 4) is 17.0 Å². The van der Waals surface area contributed by atoms with Crippen LogP contribution in [0.25, 0.3) is 22.2 Å². The largest absolute Gasteiger partial charge is 0.507 e. The second kappa shape index (κ2) is 7.75. The molecular weight excluding hydrogens is 397 g/mol. The van der Waals surface area contributed by atoms with E-state index in [1.54, 1.807) is 17.9 Å². The van der Waals surface area contributed by atoms with Crippen LogP contribution >= 0.6 is 0 Å². The molecule has 1 aromatic carbocycles. The maximum absolute atomic E-state index is 12.9. The van der Waals surface area contributed by atoms with E-state index in [0.717, 1.165) is 38.5 Å². The fourth-order valence-corrected chi connectivity index (χ4v) is 3.94. The molecule has 1 atom stereocenters. The highest BCUT2D eigenvalue weighted by molar-refractivity contribution is 5.98. The Balaban J connectivity index is 1.72. The van der Waals surface area contributed by atoms with E-state index in [1.807, 2.05) is 0 Å². The number of nitrogens with one attached hydrogen (secondary N) is 1. The van der Waals surface area contributed by atoms with E-state index in [4.69, 9.17) is 0 Å². The average Bonchev–Trinajstić information content (AvgIpc) is 3.10. The van der Waals surface area contributed by atoms with Gasteiger partial charge in [-0.3, -0.25) is 4.68 Å². The maximum Gasteiger partial charge on any atom is 0.416 e. The van der Waals surface area contributed by atoms with Gasteiger partial charge in [0.05, 0.1) is 22.7 Å². The number of rotatable bonds is 4. The summed E-state index contributed by atoms with van der Waals surface area (Å²) in [5.74, 6) is 0.0735. The van der Waals surface area contributed by atoms with Crippen molar-refractivity contribution in [1.29, 1.82) is 0 Å². The molecule has 1 saturated heterocycles. The smallest absolute Gasteiger partial charge is 0.416 e. The van der Waals surface area contributed by atoms with Crippen LogP contribution in [0.4, 0.5) is 19.0 Å². The third-order valence-corrected chi connectivity index (χ3v) is 5.54. The van der Waals surface area contributed by atoms with Gasteiger partial charge in [0.2, 0.25) is 0 Å². The summed E-state index contributed by atoms with van der Waals surface area (Å²) < 4.78 is 40.4. The third-order valence-electron chi connectivity index (χ3n) is 5.54. The van der Waals surface area contributed by atoms with Gasteiger partial charge in [-0.15, -0.1) is 10.2 Å². The lowest BCUT2D eigenvalue weighted by molar-refractivity contribution is -0.137. The zero-order valence-corrected chi connectivity index (χ0v) is 16.7. The summed E-state index contributed by atoms with van der Waals surface area (Å²) in [6.07, 6.45) is -0.783. The number of hydrogen-bond donors (Lipinski definition) is 2. The Labute approximate surface area is 171 Å². The van der Waals surface area contributed by atoms with Crippen LogP contribution in [0.2, 0.25) is 0 Å². The summed E-state index contributed by atoms with van der Waals surface area (Å²) in [4.78, 5) is 2.36. The van der Waals surface area contributed by atoms with Crippen molar-refractivity contribution in [3.63, 3.8) is 0 Å². The molecule has 3 aromatic rings. The van der Waals surface area contributed by atoms with Gasteiger partial charge in [0.15, 0.2) is 5.82 Å². The molecule has 0 spiro atoms. The van der Waals surface area contributed by atoms with Crippen molar-refractivity contribution in [1.82, 2.24) is 24.9 Å². The molecule has 4 rings (SSSR count). The Hall–Kier alpha value is -2.88. The maximum atomic E-state index is 12.9. The zero-order valence-electron chi connectivity index (χ0n) is 16.7. The number of piperidine rings is 1. The molecule has 2 N–H and O–H groups in total. The van der Waals surface area contributed by atoms with Crippen LogP contribution in [-0.2, 0) is 13.2 Å². The summed E-state index contributed by atoms with van der Waals surface area (Å²) in [5, 5.41) is 27.2. The Morgan fingerprint density at radius 3 is 2.77 bits per heavy atom. The number of aromatic hydroxyl groups is 1. The molecule has 1 aliphatic rings. The lowest BCUT2D eigenvalue weighted by Gasteiger charge is -2.32. The molecule has 0 aliphatic carbocycles. The number of fused-ring (bicyclic) bond motifs is 1. The Kier molecular flexibility index (Phi) is 5.27. The lowest BCUT2D eigenvalue weighted by Crippen LogP contribution is -2.42. The van der Waals surface area contributed by atoms with Crippen LogP contribution in [-0.4, -0.2) is 55.7 Å². The van der Waals surface area contributed by atoms with Crippen molar-refractivity contribution < 1.29 is 18.3 Å². The molecule has 3 heterocycles. The number of benzene rings is 1. The molecule has 2 aromatic heterocycles. The topological polar surface area (TPSA) is 79.1 Å². The van der Waals surface area contributed by atoms with Crippen LogP contribution in [0.5, 0.6) is 5.75 Å². The predicted molar refractivity (Wildman–Crippen MR) is 107 cm³/mol. The number of hydrogen-bond acceptors (Lipinski definition) is 6. The van der Waals surface area contributed by atoms with Crippen LogP contribution < -0.4 is 5.32 Å². The summed E-state index contributed by atoms with van der Waals surface area (Å²) in [6.45, 7) is 5.10. The van der Waals surface area contributed by atoms with Crippen molar-refractivity contribution in [2.45, 2.75) is 32.0 Å². The number of anilines is 1. The molecule has 0 bridgehead atoms. The van der Waals surface area contributed by atoms with Crippen LogP contribution in [0.3, 0.4) is 0 Å². The van der Waals surface area contributed by atoms with E-state index in [0.29, 0.717) is 22.8 Å². The SMILES string of the molecule is CCN1CCC[C@@H](Nc2nnc(-c3ccc(C(F)(F)F)cc3O)c3c2cnn3C)C1. The minimum absolute atomic E-state index is 0.172. The molecule has 0 amide bonds. The average molecular weight is 420 g/mol. The molecule has 0 radical (unpaired) electrons. The Bertz CT molecular complexity index is 1060. The van der Waals surface area contributed by atoms with Gasteiger partial charge in [-0.1, -0.05) is 6.92 Å². The van der Waals surface area contributed by atoms with Gasteiger partial charge < -0.3 is 15.3 Å². The minimum Gasteiger partial charge on any atom is -0.507 e. The quantitative estimate of drug-likeness (QED) is 0.671. The Morgan fingerprint density at radius 2 is 2.07 bits per heavy atom. The van der Waals surface area contributed by atoms with Gasteiger partial charge in [0, 0.05) is 25.2 Å². The van der Waals surface area contributed by atoms with Gasteiger partial charge in [-0.25, -0.2) is 0 Å². The molecule has 7 nitrogen and oxygen atoms in total. The predicted octanol–water partition coefficient (Wildman–Crippen LogP) is 3.65. The van der Waals surface area contributed by atoms with Gasteiger partial charge in [0.25, 0.3) is 0 Å². The number of phenolic OH excluding ortho intramolecular Hbond substituents is 1. The second-order valence-electron chi connectivity index (χ2n) is 7.53. The van der Waals surface area contributed by atoms with Gasteiger partial charge >= 0.3 is 6.18 Å². The van der Waals surface area contributed by atoms with Crippen molar-refractivity contribution in [3.05, 3.63) is 30.0 Å². The van der Waals surface area contributed by atoms with Gasteiger partial charge in [-0.2, -0.15) is 18.3 Å². The lowest BCUT2D eigenvalue weighted by atomic mass is 10.0. The van der Waals surface area contributed by atoms with E-state index in [9.17, 15) is 18.3 Å². The molecule has 160 valence electrons. The first kappa shape index (κ1) is 20.4. The number of aromatic nitrogens is 4. The van der Waals surface area contributed by atoms with Gasteiger partial charge in [0.1, 0.15) is 11.4 Å². The number of aryl methyl sites for hydroxylation is 1. The number of nitrogens with zero attached hydrogens (tertiary/aromatic N) is 5. The Morgan fingerprint density at radius 1 is 1.27 bits per heavy atom. The normalized spacial score (nSPS) is 18.1. The first-order valence-corrected chi connectivity index (χ1v) is 9.85. The van der Waals surface area contributed by atoms with Crippen LogP contribution in [0.1, 0.15) is 25.3 Å². The van der Waals surface area contributed by atoms with E-state index < -0.39 is 17.5 Å². The zero-order chi connectivity index (χ0) is 21.5. The fraction of sp³-hybridized carbons (Fsp3) is 0.450. The third kappa shape index (κ3) is 3.79. The first-order chi connectivity index (χ1) is 14.3. The molecule has 10 heteroatoms. The number of likely N-dealkylation sites (tertiary alicyclic amines) is 1.